The van der Waals surface area contributed by atoms with Crippen LogP contribution >= 0.6 is 0 Å². The lowest BCUT2D eigenvalue weighted by molar-refractivity contribution is 0.355. The molecule has 0 aliphatic rings. The van der Waals surface area contributed by atoms with Crippen molar-refractivity contribution in [1.29, 1.82) is 0 Å². The maximum absolute atomic E-state index is 12.7. The van der Waals surface area contributed by atoms with E-state index in [4.69, 9.17) is 9.47 Å². The van der Waals surface area contributed by atoms with Crippen molar-refractivity contribution in [2.24, 2.45) is 0 Å². The first-order valence-electron chi connectivity index (χ1n) is 3.76. The van der Waals surface area contributed by atoms with Crippen LogP contribution in [0, 0.1) is 0 Å². The third-order valence-electron chi connectivity index (χ3n) is 1.70. The second kappa shape index (κ2) is 3.94. The second-order valence-electron chi connectivity index (χ2n) is 2.47. The van der Waals surface area contributed by atoms with Gasteiger partial charge in [-0.3, -0.25) is 0 Å². The Kier molecular flexibility index (Phi) is 2.90. The summed E-state index contributed by atoms with van der Waals surface area (Å²) in [4.78, 5) is 0. The van der Waals surface area contributed by atoms with Crippen LogP contribution in [0.2, 0.25) is 0 Å². The molecule has 0 unspecified atom stereocenters. The molecule has 0 saturated heterocycles. The molecule has 0 spiro atoms. The molecule has 0 bridgehead atoms. The van der Waals surface area contributed by atoms with E-state index in [1.54, 1.807) is 18.2 Å². The fourth-order valence-electron chi connectivity index (χ4n) is 1.00. The summed E-state index contributed by atoms with van der Waals surface area (Å²) in [6.45, 7) is 3.19. The average molecular weight is 182 g/mol. The van der Waals surface area contributed by atoms with Crippen LogP contribution < -0.4 is 9.47 Å². The van der Waals surface area contributed by atoms with Gasteiger partial charge in [-0.05, 0) is 18.2 Å². The van der Waals surface area contributed by atoms with Gasteiger partial charge in [-0.15, -0.1) is 0 Å². The monoisotopic (exact) mass is 182 g/mol. The van der Waals surface area contributed by atoms with E-state index in [1.165, 1.54) is 14.2 Å². The van der Waals surface area contributed by atoms with Crippen LogP contribution in [0.3, 0.4) is 0 Å². The number of methoxy groups -OCH3 is 2. The molecule has 0 N–H and O–H groups in total. The van der Waals surface area contributed by atoms with E-state index in [0.29, 0.717) is 17.1 Å². The smallest absolute Gasteiger partial charge is 0.161 e. The summed E-state index contributed by atoms with van der Waals surface area (Å²) in [7, 11) is 3.03. The van der Waals surface area contributed by atoms with Crippen LogP contribution in [-0.2, 0) is 0 Å². The highest BCUT2D eigenvalue weighted by atomic mass is 19.1. The standard InChI is InChI=1S/C10H11FO2/c1-7(11)8-4-5-9(12-2)10(6-8)13-3/h4-6H,1H2,2-3H3. The van der Waals surface area contributed by atoms with Crippen molar-refractivity contribution in [2.75, 3.05) is 14.2 Å². The Morgan fingerprint density at radius 2 is 1.85 bits per heavy atom. The first-order valence-corrected chi connectivity index (χ1v) is 3.76. The van der Waals surface area contributed by atoms with Crippen molar-refractivity contribution >= 4 is 5.83 Å². The predicted octanol–water partition coefficient (Wildman–Crippen LogP) is 2.64. The maximum Gasteiger partial charge on any atom is 0.161 e. The van der Waals surface area contributed by atoms with Crippen molar-refractivity contribution in [3.05, 3.63) is 30.3 Å². The lowest BCUT2D eigenvalue weighted by atomic mass is 10.2. The van der Waals surface area contributed by atoms with Gasteiger partial charge in [0.25, 0.3) is 0 Å². The molecule has 13 heavy (non-hydrogen) atoms. The Morgan fingerprint density at radius 3 is 2.31 bits per heavy atom. The quantitative estimate of drug-likeness (QED) is 0.715. The highest BCUT2D eigenvalue weighted by molar-refractivity contribution is 5.60. The van der Waals surface area contributed by atoms with Crippen LogP contribution in [0.5, 0.6) is 11.5 Å². The minimum atomic E-state index is -0.485. The minimum Gasteiger partial charge on any atom is -0.493 e. The van der Waals surface area contributed by atoms with Gasteiger partial charge in [-0.2, -0.15) is 0 Å². The molecular formula is C10H11FO2. The highest BCUT2D eigenvalue weighted by Crippen LogP contribution is 2.29. The van der Waals surface area contributed by atoms with Gasteiger partial charge in [-0.1, -0.05) is 6.58 Å². The second-order valence-corrected chi connectivity index (χ2v) is 2.47. The Bertz CT molecular complexity index is 321. The van der Waals surface area contributed by atoms with Gasteiger partial charge in [0.05, 0.1) is 14.2 Å². The van der Waals surface area contributed by atoms with Crippen LogP contribution in [0.25, 0.3) is 5.83 Å². The molecule has 0 amide bonds. The molecule has 0 aliphatic carbocycles. The van der Waals surface area contributed by atoms with E-state index in [9.17, 15) is 4.39 Å². The largest absolute Gasteiger partial charge is 0.493 e. The summed E-state index contributed by atoms with van der Waals surface area (Å²) in [6, 6.07) is 4.77. The van der Waals surface area contributed by atoms with Gasteiger partial charge < -0.3 is 9.47 Å². The van der Waals surface area contributed by atoms with Gasteiger partial charge in [0.1, 0.15) is 5.83 Å². The Hall–Kier alpha value is -1.51. The lowest BCUT2D eigenvalue weighted by Crippen LogP contribution is -1.91. The van der Waals surface area contributed by atoms with E-state index in [1.807, 2.05) is 0 Å². The Balaban J connectivity index is 3.13. The molecular weight excluding hydrogens is 171 g/mol. The van der Waals surface area contributed by atoms with E-state index in [-0.39, 0.29) is 0 Å². The fourth-order valence-corrected chi connectivity index (χ4v) is 1.00. The van der Waals surface area contributed by atoms with E-state index < -0.39 is 5.83 Å². The third-order valence-corrected chi connectivity index (χ3v) is 1.70. The first-order chi connectivity index (χ1) is 6.19. The van der Waals surface area contributed by atoms with Crippen molar-refractivity contribution in [3.63, 3.8) is 0 Å². The highest BCUT2D eigenvalue weighted by Gasteiger charge is 2.05. The molecule has 70 valence electrons. The topological polar surface area (TPSA) is 18.5 Å². The normalized spacial score (nSPS) is 9.46. The SMILES string of the molecule is C=C(F)c1ccc(OC)c(OC)c1. The molecule has 1 aromatic carbocycles. The zero-order valence-corrected chi connectivity index (χ0v) is 7.63. The van der Waals surface area contributed by atoms with Gasteiger partial charge in [-0.25, -0.2) is 4.39 Å². The van der Waals surface area contributed by atoms with Gasteiger partial charge in [0.15, 0.2) is 11.5 Å². The number of benzene rings is 1. The Morgan fingerprint density at radius 1 is 1.23 bits per heavy atom. The molecule has 1 aromatic rings. The molecule has 0 aromatic heterocycles. The Labute approximate surface area is 76.6 Å². The number of hydrogen-bond acceptors (Lipinski definition) is 2. The molecule has 0 fully saturated rings. The predicted molar refractivity (Wildman–Crippen MR) is 49.7 cm³/mol. The number of rotatable bonds is 3. The lowest BCUT2D eigenvalue weighted by Gasteiger charge is -2.07. The molecule has 3 heteroatoms. The average Bonchev–Trinajstić information content (AvgIpc) is 2.16. The van der Waals surface area contributed by atoms with Crippen molar-refractivity contribution in [3.8, 4) is 11.5 Å². The maximum atomic E-state index is 12.7. The van der Waals surface area contributed by atoms with E-state index in [0.717, 1.165) is 0 Å². The zero-order valence-electron chi connectivity index (χ0n) is 7.63. The van der Waals surface area contributed by atoms with Crippen LogP contribution in [0.1, 0.15) is 5.56 Å². The molecule has 0 atom stereocenters. The first kappa shape index (κ1) is 9.58. The summed E-state index contributed by atoms with van der Waals surface area (Å²) in [5.41, 5.74) is 0.401. The fraction of sp³-hybridized carbons (Fsp3) is 0.200. The minimum absolute atomic E-state index is 0.401. The number of hydrogen-bond donors (Lipinski definition) is 0. The molecule has 0 heterocycles. The van der Waals surface area contributed by atoms with Crippen LogP contribution in [-0.4, -0.2) is 14.2 Å². The van der Waals surface area contributed by atoms with Gasteiger partial charge >= 0.3 is 0 Å². The molecule has 0 aliphatic heterocycles. The third kappa shape index (κ3) is 1.99. The molecule has 0 radical (unpaired) electrons. The van der Waals surface area contributed by atoms with Gasteiger partial charge in [0, 0.05) is 5.56 Å². The van der Waals surface area contributed by atoms with E-state index in [2.05, 4.69) is 6.58 Å². The summed E-state index contributed by atoms with van der Waals surface area (Å²) < 4.78 is 22.7. The summed E-state index contributed by atoms with van der Waals surface area (Å²) in [5, 5.41) is 0. The van der Waals surface area contributed by atoms with Crippen molar-refractivity contribution < 1.29 is 13.9 Å². The zero-order chi connectivity index (χ0) is 9.84. The van der Waals surface area contributed by atoms with Crippen LogP contribution in [0.4, 0.5) is 4.39 Å². The number of ether oxygens (including phenoxy) is 2. The summed E-state index contributed by atoms with van der Waals surface area (Å²) in [6.07, 6.45) is 0. The van der Waals surface area contributed by atoms with Gasteiger partial charge in [0.2, 0.25) is 0 Å². The van der Waals surface area contributed by atoms with Crippen molar-refractivity contribution in [1.82, 2.24) is 0 Å². The van der Waals surface area contributed by atoms with Crippen molar-refractivity contribution in [2.45, 2.75) is 0 Å². The van der Waals surface area contributed by atoms with Crippen LogP contribution in [0.15, 0.2) is 24.8 Å². The molecule has 2 nitrogen and oxygen atoms in total. The summed E-state index contributed by atoms with van der Waals surface area (Å²) in [5.74, 6) is 0.590. The molecule has 0 saturated carbocycles. The number of halogens is 1. The van der Waals surface area contributed by atoms with E-state index >= 15 is 0 Å². The molecule has 1 rings (SSSR count). The summed E-state index contributed by atoms with van der Waals surface area (Å²) >= 11 is 0.